The molecule has 7 heteroatoms. The van der Waals surface area contributed by atoms with Gasteiger partial charge in [0.1, 0.15) is 0 Å². The Bertz CT molecular complexity index is 1000. The summed E-state index contributed by atoms with van der Waals surface area (Å²) >= 11 is 1.35. The van der Waals surface area contributed by atoms with E-state index >= 15 is 0 Å². The van der Waals surface area contributed by atoms with Crippen LogP contribution < -0.4 is 9.80 Å². The first-order valence-electron chi connectivity index (χ1n) is 9.20. The molecule has 0 saturated carbocycles. The number of amides is 2. The maximum Gasteiger partial charge on any atom is 0.251 e. The Labute approximate surface area is 174 Å². The van der Waals surface area contributed by atoms with Gasteiger partial charge in [-0.15, -0.1) is 11.3 Å². The van der Waals surface area contributed by atoms with Gasteiger partial charge in [0.25, 0.3) is 5.91 Å². The lowest BCUT2D eigenvalue weighted by atomic mass is 10.2. The summed E-state index contributed by atoms with van der Waals surface area (Å²) in [5.41, 5.74) is 2.11. The van der Waals surface area contributed by atoms with Crippen LogP contribution in [0.2, 0.25) is 0 Å². The number of benzene rings is 1. The van der Waals surface area contributed by atoms with Crippen LogP contribution in [0, 0.1) is 0 Å². The highest BCUT2D eigenvalue weighted by Crippen LogP contribution is 2.29. The third-order valence-corrected chi connectivity index (χ3v) is 4.95. The summed E-state index contributed by atoms with van der Waals surface area (Å²) < 4.78 is 0. The first kappa shape index (κ1) is 20.4. The van der Waals surface area contributed by atoms with Gasteiger partial charge >= 0.3 is 0 Å². The van der Waals surface area contributed by atoms with Crippen LogP contribution in [-0.4, -0.2) is 27.8 Å². The van der Waals surface area contributed by atoms with Crippen LogP contribution >= 0.6 is 11.3 Å². The molecular weight excluding hydrogens is 384 g/mol. The molecule has 0 aliphatic heterocycles. The number of carbonyl (C=O) groups excluding carboxylic acids is 2. The summed E-state index contributed by atoms with van der Waals surface area (Å²) in [6.45, 7) is 5.40. The van der Waals surface area contributed by atoms with Gasteiger partial charge < -0.3 is 4.90 Å². The lowest BCUT2D eigenvalue weighted by Crippen LogP contribution is -2.35. The van der Waals surface area contributed by atoms with Crippen LogP contribution in [0.4, 0.5) is 16.5 Å². The van der Waals surface area contributed by atoms with Crippen LogP contribution in [0.3, 0.4) is 0 Å². The smallest absolute Gasteiger partial charge is 0.251 e. The molecule has 148 valence electrons. The van der Waals surface area contributed by atoms with Gasteiger partial charge in [-0.3, -0.25) is 19.5 Å². The summed E-state index contributed by atoms with van der Waals surface area (Å²) in [4.78, 5) is 36.7. The summed E-state index contributed by atoms with van der Waals surface area (Å²) in [5.74, 6) is -0.284. The zero-order valence-corrected chi connectivity index (χ0v) is 17.3. The van der Waals surface area contributed by atoms with Crippen molar-refractivity contribution in [1.82, 2.24) is 9.97 Å². The maximum atomic E-state index is 12.8. The molecule has 6 nitrogen and oxygen atoms in total. The Hall–Kier alpha value is -3.32. The second kappa shape index (κ2) is 9.25. The first-order valence-corrected chi connectivity index (χ1v) is 10.1. The molecule has 0 spiro atoms. The number of aromatic nitrogens is 2. The number of rotatable bonds is 6. The molecule has 0 radical (unpaired) electrons. The monoisotopic (exact) mass is 406 g/mol. The normalized spacial score (nSPS) is 11.0. The topological polar surface area (TPSA) is 66.4 Å². The van der Waals surface area contributed by atoms with E-state index in [0.29, 0.717) is 10.8 Å². The lowest BCUT2D eigenvalue weighted by Gasteiger charge is -2.25. The number of carbonyl (C=O) groups is 2. The Balaban J connectivity index is 1.80. The van der Waals surface area contributed by atoms with E-state index in [1.165, 1.54) is 24.3 Å². The van der Waals surface area contributed by atoms with Crippen LogP contribution in [0.1, 0.15) is 26.5 Å². The predicted octanol–water partition coefficient (Wildman–Crippen LogP) is 4.68. The highest BCUT2D eigenvalue weighted by atomic mass is 32.1. The van der Waals surface area contributed by atoms with E-state index < -0.39 is 0 Å². The van der Waals surface area contributed by atoms with Crippen LogP contribution in [-0.2, 0) is 9.59 Å². The molecule has 0 aliphatic carbocycles. The average molecular weight is 407 g/mol. The molecule has 3 aromatic rings. The molecule has 0 bridgehead atoms. The minimum Gasteiger partial charge on any atom is -0.305 e. The van der Waals surface area contributed by atoms with Gasteiger partial charge in [0.05, 0.1) is 23.3 Å². The number of anilines is 3. The van der Waals surface area contributed by atoms with Crippen molar-refractivity contribution < 1.29 is 9.59 Å². The van der Waals surface area contributed by atoms with Crippen molar-refractivity contribution in [2.75, 3.05) is 9.80 Å². The van der Waals surface area contributed by atoms with Gasteiger partial charge in [-0.25, -0.2) is 4.98 Å². The Kier molecular flexibility index (Phi) is 6.51. The van der Waals surface area contributed by atoms with Crippen molar-refractivity contribution in [3.05, 3.63) is 72.0 Å². The fourth-order valence-electron chi connectivity index (χ4n) is 2.87. The Morgan fingerprint density at radius 2 is 1.79 bits per heavy atom. The van der Waals surface area contributed by atoms with Crippen molar-refractivity contribution >= 4 is 45.7 Å². The minimum atomic E-state index is -0.158. The fourth-order valence-corrected chi connectivity index (χ4v) is 3.73. The molecule has 29 heavy (non-hydrogen) atoms. The lowest BCUT2D eigenvalue weighted by molar-refractivity contribution is -0.116. The van der Waals surface area contributed by atoms with E-state index in [9.17, 15) is 9.59 Å². The van der Waals surface area contributed by atoms with Gasteiger partial charge in [-0.05, 0) is 44.2 Å². The van der Waals surface area contributed by atoms with E-state index in [-0.39, 0.29) is 17.9 Å². The molecule has 0 unspecified atom stereocenters. The molecule has 0 saturated heterocycles. The van der Waals surface area contributed by atoms with Gasteiger partial charge in [0.15, 0.2) is 5.13 Å². The fraction of sp³-hybridized carbons (Fsp3) is 0.182. The average Bonchev–Trinajstić information content (AvgIpc) is 3.16. The molecule has 2 heterocycles. The summed E-state index contributed by atoms with van der Waals surface area (Å²) in [6, 6.07) is 13.0. The van der Waals surface area contributed by atoms with Crippen LogP contribution in [0.5, 0.6) is 0 Å². The van der Waals surface area contributed by atoms with Crippen LogP contribution in [0.25, 0.3) is 6.08 Å². The molecule has 3 rings (SSSR count). The Morgan fingerprint density at radius 1 is 1.07 bits per heavy atom. The number of para-hydroxylation sites is 1. The first-order chi connectivity index (χ1) is 14.0. The molecular formula is C22H22N4O2S. The van der Waals surface area contributed by atoms with E-state index in [0.717, 1.165) is 11.4 Å². The third-order valence-electron chi connectivity index (χ3n) is 4.10. The molecule has 0 atom stereocenters. The van der Waals surface area contributed by atoms with Gasteiger partial charge in [0, 0.05) is 30.6 Å². The van der Waals surface area contributed by atoms with E-state index in [4.69, 9.17) is 0 Å². The van der Waals surface area contributed by atoms with E-state index in [1.54, 1.807) is 34.3 Å². The summed E-state index contributed by atoms with van der Waals surface area (Å²) in [6.07, 6.45) is 6.49. The van der Waals surface area contributed by atoms with Gasteiger partial charge in [-0.1, -0.05) is 18.2 Å². The highest BCUT2D eigenvalue weighted by molar-refractivity contribution is 7.14. The van der Waals surface area contributed by atoms with Crippen molar-refractivity contribution in [1.29, 1.82) is 0 Å². The molecule has 0 aliphatic rings. The number of nitrogens with zero attached hydrogens (tertiary/aromatic N) is 4. The van der Waals surface area contributed by atoms with Gasteiger partial charge in [-0.2, -0.15) is 0 Å². The molecule has 0 N–H and O–H groups in total. The highest BCUT2D eigenvalue weighted by Gasteiger charge is 2.19. The molecule has 2 aromatic heterocycles. The van der Waals surface area contributed by atoms with E-state index in [2.05, 4.69) is 9.97 Å². The number of hydrogen-bond acceptors (Lipinski definition) is 5. The number of pyridine rings is 1. The second-order valence-corrected chi connectivity index (χ2v) is 7.43. The SMILES string of the molecule is CC(=O)N(c1ccccc1)c1nc(C=CC(=O)N(c2cccnc2)C(C)C)cs1. The number of hydrogen-bond donors (Lipinski definition) is 0. The summed E-state index contributed by atoms with van der Waals surface area (Å²) in [5, 5.41) is 2.38. The predicted molar refractivity (Wildman–Crippen MR) is 117 cm³/mol. The maximum absolute atomic E-state index is 12.8. The largest absolute Gasteiger partial charge is 0.305 e. The molecule has 1 aromatic carbocycles. The standard InChI is InChI=1S/C22H22N4O2S/c1-16(2)25(20-10-7-13-23-14-20)21(28)12-11-18-15-29-22(24-18)26(17(3)27)19-8-5-4-6-9-19/h4-16H,1-3H3. The molecule has 0 fully saturated rings. The van der Waals surface area contributed by atoms with Gasteiger partial charge in [0.2, 0.25) is 5.91 Å². The number of thiazole rings is 1. The Morgan fingerprint density at radius 3 is 2.41 bits per heavy atom. The van der Waals surface area contributed by atoms with Crippen molar-refractivity contribution in [2.24, 2.45) is 0 Å². The third kappa shape index (κ3) is 4.94. The van der Waals surface area contributed by atoms with Crippen molar-refractivity contribution in [2.45, 2.75) is 26.8 Å². The van der Waals surface area contributed by atoms with Crippen molar-refractivity contribution in [3.63, 3.8) is 0 Å². The second-order valence-electron chi connectivity index (χ2n) is 6.59. The zero-order chi connectivity index (χ0) is 20.8. The van der Waals surface area contributed by atoms with Crippen LogP contribution in [0.15, 0.2) is 66.3 Å². The summed E-state index contributed by atoms with van der Waals surface area (Å²) in [7, 11) is 0. The molecule has 2 amide bonds. The zero-order valence-electron chi connectivity index (χ0n) is 16.5. The quantitative estimate of drug-likeness (QED) is 0.558. The van der Waals surface area contributed by atoms with E-state index in [1.807, 2.05) is 55.6 Å². The minimum absolute atomic E-state index is 0.0198. The van der Waals surface area contributed by atoms with Crippen molar-refractivity contribution in [3.8, 4) is 0 Å².